The van der Waals surface area contributed by atoms with Crippen LogP contribution in [-0.4, -0.2) is 21.9 Å². The molecule has 0 radical (unpaired) electrons. The first-order chi connectivity index (χ1) is 12.5. The van der Waals surface area contributed by atoms with E-state index in [1.807, 2.05) is 12.1 Å². The van der Waals surface area contributed by atoms with Crippen molar-refractivity contribution in [2.45, 2.75) is 12.5 Å². The lowest BCUT2D eigenvalue weighted by Gasteiger charge is -2.11. The topological polar surface area (TPSA) is 131 Å². The SMILES string of the molecule is N#CC[C@@H](N)C(=O)Nc1cccc(-c2nc(N)nc3ccc(Cl)cc23)c1. The summed E-state index contributed by atoms with van der Waals surface area (Å²) in [5.74, 6) is -0.292. The van der Waals surface area contributed by atoms with E-state index in [-0.39, 0.29) is 12.4 Å². The van der Waals surface area contributed by atoms with Gasteiger partial charge in [0.25, 0.3) is 0 Å². The highest BCUT2D eigenvalue weighted by Crippen LogP contribution is 2.30. The summed E-state index contributed by atoms with van der Waals surface area (Å²) in [4.78, 5) is 20.5. The molecular formula is C18H15ClN6O. The van der Waals surface area contributed by atoms with Gasteiger partial charge in [0.1, 0.15) is 0 Å². The van der Waals surface area contributed by atoms with E-state index in [0.717, 1.165) is 10.9 Å². The number of fused-ring (bicyclic) bond motifs is 1. The largest absolute Gasteiger partial charge is 0.368 e. The number of aromatic nitrogens is 2. The van der Waals surface area contributed by atoms with Crippen LogP contribution in [0.4, 0.5) is 11.6 Å². The molecule has 1 atom stereocenters. The Morgan fingerprint density at radius 3 is 2.85 bits per heavy atom. The molecule has 0 fully saturated rings. The van der Waals surface area contributed by atoms with E-state index in [2.05, 4.69) is 15.3 Å². The molecule has 26 heavy (non-hydrogen) atoms. The number of nitrogen functional groups attached to an aromatic ring is 1. The van der Waals surface area contributed by atoms with Gasteiger partial charge in [-0.15, -0.1) is 0 Å². The summed E-state index contributed by atoms with van der Waals surface area (Å²) in [5.41, 5.74) is 14.0. The molecule has 0 aliphatic rings. The van der Waals surface area contributed by atoms with E-state index in [1.54, 1.807) is 36.4 Å². The minimum atomic E-state index is -0.891. The Labute approximate surface area is 154 Å². The van der Waals surface area contributed by atoms with Gasteiger partial charge in [-0.2, -0.15) is 5.26 Å². The van der Waals surface area contributed by atoms with Gasteiger partial charge in [-0.05, 0) is 30.3 Å². The minimum Gasteiger partial charge on any atom is -0.368 e. The van der Waals surface area contributed by atoms with Crippen LogP contribution >= 0.6 is 11.6 Å². The monoisotopic (exact) mass is 366 g/mol. The smallest absolute Gasteiger partial charge is 0.242 e. The van der Waals surface area contributed by atoms with Crippen LogP contribution in [0.5, 0.6) is 0 Å². The van der Waals surface area contributed by atoms with E-state index in [1.165, 1.54) is 0 Å². The van der Waals surface area contributed by atoms with Gasteiger partial charge in [0.05, 0.1) is 29.7 Å². The van der Waals surface area contributed by atoms with Gasteiger partial charge in [-0.25, -0.2) is 9.97 Å². The maximum atomic E-state index is 12.0. The number of hydrogen-bond donors (Lipinski definition) is 3. The second-order valence-corrected chi connectivity index (χ2v) is 6.07. The van der Waals surface area contributed by atoms with Gasteiger partial charge in [-0.3, -0.25) is 4.79 Å². The van der Waals surface area contributed by atoms with Crippen molar-refractivity contribution in [3.05, 3.63) is 47.5 Å². The van der Waals surface area contributed by atoms with Crippen molar-refractivity contribution >= 4 is 40.0 Å². The first-order valence-electron chi connectivity index (χ1n) is 7.74. The Bertz CT molecular complexity index is 1030. The number of amides is 1. The molecule has 0 unspecified atom stereocenters. The van der Waals surface area contributed by atoms with E-state index in [4.69, 9.17) is 28.3 Å². The summed E-state index contributed by atoms with van der Waals surface area (Å²) in [6.07, 6.45) is -0.0584. The Balaban J connectivity index is 2.01. The molecule has 130 valence electrons. The number of halogens is 1. The van der Waals surface area contributed by atoms with Crippen LogP contribution in [0.3, 0.4) is 0 Å². The van der Waals surface area contributed by atoms with E-state index in [9.17, 15) is 4.79 Å². The van der Waals surface area contributed by atoms with E-state index >= 15 is 0 Å². The molecule has 5 N–H and O–H groups in total. The Morgan fingerprint density at radius 1 is 1.27 bits per heavy atom. The molecule has 0 saturated heterocycles. The summed E-state index contributed by atoms with van der Waals surface area (Å²) in [5, 5.41) is 12.6. The second-order valence-electron chi connectivity index (χ2n) is 5.63. The molecule has 0 spiro atoms. The van der Waals surface area contributed by atoms with E-state index in [0.29, 0.717) is 21.9 Å². The Morgan fingerprint density at radius 2 is 2.08 bits per heavy atom. The average Bonchev–Trinajstić information content (AvgIpc) is 2.62. The van der Waals surface area contributed by atoms with Crippen molar-refractivity contribution < 1.29 is 4.79 Å². The van der Waals surface area contributed by atoms with Gasteiger partial charge < -0.3 is 16.8 Å². The number of anilines is 2. The molecule has 8 heteroatoms. The zero-order chi connectivity index (χ0) is 18.7. The Hall–Kier alpha value is -3.21. The fraction of sp³-hybridized carbons (Fsp3) is 0.111. The lowest BCUT2D eigenvalue weighted by molar-refractivity contribution is -0.117. The van der Waals surface area contributed by atoms with Crippen molar-refractivity contribution in [2.24, 2.45) is 5.73 Å². The lowest BCUT2D eigenvalue weighted by Crippen LogP contribution is -2.35. The normalized spacial score (nSPS) is 11.7. The van der Waals surface area contributed by atoms with Crippen molar-refractivity contribution in [2.75, 3.05) is 11.1 Å². The molecule has 7 nitrogen and oxygen atoms in total. The van der Waals surface area contributed by atoms with Gasteiger partial charge >= 0.3 is 0 Å². The number of hydrogen-bond acceptors (Lipinski definition) is 6. The zero-order valence-electron chi connectivity index (χ0n) is 13.6. The summed E-state index contributed by atoms with van der Waals surface area (Å²) in [6, 6.07) is 13.3. The fourth-order valence-electron chi connectivity index (χ4n) is 2.51. The van der Waals surface area contributed by atoms with Gasteiger partial charge in [-0.1, -0.05) is 23.7 Å². The highest BCUT2D eigenvalue weighted by atomic mass is 35.5. The number of carbonyl (C=O) groups excluding carboxylic acids is 1. The maximum absolute atomic E-state index is 12.0. The number of nitrogens with zero attached hydrogens (tertiary/aromatic N) is 3. The first-order valence-corrected chi connectivity index (χ1v) is 8.12. The van der Waals surface area contributed by atoms with E-state index < -0.39 is 11.9 Å². The van der Waals surface area contributed by atoms with Crippen LogP contribution in [0.1, 0.15) is 6.42 Å². The number of nitrogens with two attached hydrogens (primary N) is 2. The van der Waals surface area contributed by atoms with Crippen molar-refractivity contribution in [3.63, 3.8) is 0 Å². The predicted octanol–water partition coefficient (Wildman–Crippen LogP) is 2.71. The summed E-state index contributed by atoms with van der Waals surface area (Å²) < 4.78 is 0. The molecule has 3 rings (SSSR count). The van der Waals surface area contributed by atoms with Crippen molar-refractivity contribution in [1.82, 2.24) is 9.97 Å². The maximum Gasteiger partial charge on any atom is 0.242 e. The molecule has 1 amide bonds. The molecular weight excluding hydrogens is 352 g/mol. The Kier molecular flexibility index (Phi) is 4.98. The zero-order valence-corrected chi connectivity index (χ0v) is 14.4. The van der Waals surface area contributed by atoms with Crippen molar-refractivity contribution in [3.8, 4) is 17.3 Å². The third-order valence-electron chi connectivity index (χ3n) is 3.73. The molecule has 1 heterocycles. The lowest BCUT2D eigenvalue weighted by atomic mass is 10.1. The number of nitriles is 1. The first kappa shape index (κ1) is 17.6. The van der Waals surface area contributed by atoms with Gasteiger partial charge in [0, 0.05) is 21.7 Å². The van der Waals surface area contributed by atoms with Crippen LogP contribution in [0, 0.1) is 11.3 Å². The molecule has 0 bridgehead atoms. The van der Waals surface area contributed by atoms with Crippen LogP contribution < -0.4 is 16.8 Å². The number of carbonyl (C=O) groups is 1. The molecule has 2 aromatic carbocycles. The molecule has 3 aromatic rings. The highest BCUT2D eigenvalue weighted by molar-refractivity contribution is 6.31. The average molecular weight is 367 g/mol. The number of rotatable bonds is 4. The third kappa shape index (κ3) is 3.72. The number of nitrogens with one attached hydrogen (secondary N) is 1. The van der Waals surface area contributed by atoms with Crippen molar-refractivity contribution in [1.29, 1.82) is 5.26 Å². The van der Waals surface area contributed by atoms with Crippen LogP contribution in [0.2, 0.25) is 5.02 Å². The second kappa shape index (κ2) is 7.35. The van der Waals surface area contributed by atoms with Gasteiger partial charge in [0.15, 0.2) is 0 Å². The quantitative estimate of drug-likeness (QED) is 0.650. The highest BCUT2D eigenvalue weighted by Gasteiger charge is 2.14. The molecule has 0 aliphatic carbocycles. The summed E-state index contributed by atoms with van der Waals surface area (Å²) in [6.45, 7) is 0. The molecule has 0 saturated carbocycles. The van der Waals surface area contributed by atoms with Gasteiger partial charge in [0.2, 0.25) is 11.9 Å². The van der Waals surface area contributed by atoms with Crippen LogP contribution in [0.15, 0.2) is 42.5 Å². The van der Waals surface area contributed by atoms with Crippen LogP contribution in [0.25, 0.3) is 22.2 Å². The molecule has 1 aromatic heterocycles. The standard InChI is InChI=1S/C18H15ClN6O/c19-11-4-5-15-13(9-11)16(25-18(22)24-15)10-2-1-3-12(8-10)23-17(26)14(21)6-7-20/h1-5,8-9,14H,6,21H2,(H,23,26)(H2,22,24,25)/t14-/m1/s1. The van der Waals surface area contributed by atoms with Crippen LogP contribution in [-0.2, 0) is 4.79 Å². The fourth-order valence-corrected chi connectivity index (χ4v) is 2.68. The third-order valence-corrected chi connectivity index (χ3v) is 3.96. The minimum absolute atomic E-state index is 0.0584. The number of benzene rings is 2. The summed E-state index contributed by atoms with van der Waals surface area (Å²) in [7, 11) is 0. The predicted molar refractivity (Wildman–Crippen MR) is 101 cm³/mol. The molecule has 0 aliphatic heterocycles. The summed E-state index contributed by atoms with van der Waals surface area (Å²) >= 11 is 6.10.